The lowest BCUT2D eigenvalue weighted by atomic mass is 10.1. The Hall–Kier alpha value is -4.17. The molecule has 4 aromatic rings. The van der Waals surface area contributed by atoms with E-state index in [2.05, 4.69) is 48.4 Å². The van der Waals surface area contributed by atoms with Crippen LogP contribution in [0, 0.1) is 27.7 Å². The molecule has 9 heteroatoms. The van der Waals surface area contributed by atoms with E-state index in [1.54, 1.807) is 24.3 Å². The van der Waals surface area contributed by atoms with Gasteiger partial charge < -0.3 is 21.3 Å². The number of aryl methyl sites for hydroxylation is 4. The molecule has 1 heterocycles. The monoisotopic (exact) mass is 501 g/mol. The van der Waals surface area contributed by atoms with Crippen LogP contribution in [-0.2, 0) is 4.79 Å². The molecule has 0 fully saturated rings. The first-order valence-corrected chi connectivity index (χ1v) is 11.9. The predicted molar refractivity (Wildman–Crippen MR) is 147 cm³/mol. The fourth-order valence-electron chi connectivity index (χ4n) is 3.61. The van der Waals surface area contributed by atoms with E-state index in [1.165, 1.54) is 11.1 Å². The molecule has 0 radical (unpaired) electrons. The minimum atomic E-state index is -0.245. The lowest BCUT2D eigenvalue weighted by molar-refractivity contribution is -0.114. The number of hydrogen-bond donors (Lipinski definition) is 4. The number of aromatic nitrogens is 3. The van der Waals surface area contributed by atoms with E-state index in [-0.39, 0.29) is 18.4 Å². The number of nitrogens with one attached hydrogen (secondary N) is 4. The first-order valence-electron chi connectivity index (χ1n) is 11.5. The van der Waals surface area contributed by atoms with Gasteiger partial charge in [0, 0.05) is 22.1 Å². The Morgan fingerprint density at radius 1 is 0.722 bits per heavy atom. The molecule has 0 saturated carbocycles. The average Bonchev–Trinajstić information content (AvgIpc) is 2.83. The Kier molecular flexibility index (Phi) is 7.65. The van der Waals surface area contributed by atoms with Crippen LogP contribution < -0.4 is 21.3 Å². The SMILES string of the molecule is Cc1ccc(Nc2nc(NCC(=O)Nc3ccc(Cl)cc3)nc(Nc3ccc(C)cc3C)n2)c(C)c1. The van der Waals surface area contributed by atoms with Gasteiger partial charge in [0.2, 0.25) is 23.8 Å². The Morgan fingerprint density at radius 3 is 1.72 bits per heavy atom. The van der Waals surface area contributed by atoms with Crippen LogP contribution in [0.2, 0.25) is 5.02 Å². The molecule has 8 nitrogen and oxygen atoms in total. The second kappa shape index (κ2) is 11.0. The molecule has 36 heavy (non-hydrogen) atoms. The molecule has 1 amide bonds. The van der Waals surface area contributed by atoms with Gasteiger partial charge in [-0.15, -0.1) is 0 Å². The fourth-order valence-corrected chi connectivity index (χ4v) is 3.74. The van der Waals surface area contributed by atoms with Crippen molar-refractivity contribution in [2.75, 3.05) is 27.8 Å². The van der Waals surface area contributed by atoms with Crippen LogP contribution in [0.5, 0.6) is 0 Å². The van der Waals surface area contributed by atoms with Crippen molar-refractivity contribution in [3.63, 3.8) is 0 Å². The predicted octanol–water partition coefficient (Wildman–Crippen LogP) is 6.30. The van der Waals surface area contributed by atoms with Gasteiger partial charge in [0.1, 0.15) is 0 Å². The zero-order valence-corrected chi connectivity index (χ0v) is 21.4. The molecule has 0 aliphatic carbocycles. The summed E-state index contributed by atoms with van der Waals surface area (Å²) in [7, 11) is 0. The topological polar surface area (TPSA) is 104 Å². The Balaban J connectivity index is 1.55. The van der Waals surface area contributed by atoms with E-state index < -0.39 is 0 Å². The van der Waals surface area contributed by atoms with E-state index in [4.69, 9.17) is 11.6 Å². The second-order valence-corrected chi connectivity index (χ2v) is 9.04. The maximum Gasteiger partial charge on any atom is 0.243 e. The van der Waals surface area contributed by atoms with Crippen LogP contribution in [0.4, 0.5) is 34.9 Å². The number of amides is 1. The van der Waals surface area contributed by atoms with E-state index in [0.29, 0.717) is 22.6 Å². The summed E-state index contributed by atoms with van der Waals surface area (Å²) in [4.78, 5) is 26.0. The normalized spacial score (nSPS) is 10.6. The maximum atomic E-state index is 12.5. The van der Waals surface area contributed by atoms with Crippen molar-refractivity contribution in [1.29, 1.82) is 0 Å². The van der Waals surface area contributed by atoms with E-state index >= 15 is 0 Å². The standard InChI is InChI=1S/C27H28ClN7O/c1-16-5-11-22(18(3)13-16)31-26-33-25(29-15-24(36)30-21-9-7-20(28)8-10-21)34-27(35-26)32-23-12-6-17(2)14-19(23)4/h5-14H,15H2,1-4H3,(H,30,36)(H3,29,31,32,33,34,35). The lowest BCUT2D eigenvalue weighted by Gasteiger charge is -2.14. The third-order valence-corrected chi connectivity index (χ3v) is 5.68. The van der Waals surface area contributed by atoms with E-state index in [0.717, 1.165) is 22.5 Å². The van der Waals surface area contributed by atoms with Gasteiger partial charge >= 0.3 is 0 Å². The van der Waals surface area contributed by atoms with Crippen LogP contribution in [0.15, 0.2) is 60.7 Å². The highest BCUT2D eigenvalue weighted by molar-refractivity contribution is 6.30. The van der Waals surface area contributed by atoms with Gasteiger partial charge in [0.05, 0.1) is 6.54 Å². The first kappa shape index (κ1) is 24.9. The largest absolute Gasteiger partial charge is 0.345 e. The third-order valence-electron chi connectivity index (χ3n) is 5.43. The van der Waals surface area contributed by atoms with Crippen molar-refractivity contribution < 1.29 is 4.79 Å². The first-order chi connectivity index (χ1) is 17.2. The van der Waals surface area contributed by atoms with Crippen molar-refractivity contribution in [1.82, 2.24) is 15.0 Å². The summed E-state index contributed by atoms with van der Waals surface area (Å²) >= 11 is 5.91. The molecular formula is C27H28ClN7O. The summed E-state index contributed by atoms with van der Waals surface area (Å²) in [5.74, 6) is 0.718. The number of benzene rings is 3. The molecule has 4 rings (SSSR count). The molecule has 4 N–H and O–H groups in total. The molecular weight excluding hydrogens is 474 g/mol. The van der Waals surface area contributed by atoms with Crippen molar-refractivity contribution in [2.24, 2.45) is 0 Å². The fraction of sp³-hybridized carbons (Fsp3) is 0.185. The molecule has 0 saturated heterocycles. The van der Waals surface area contributed by atoms with Gasteiger partial charge in [-0.3, -0.25) is 4.79 Å². The van der Waals surface area contributed by atoms with Gasteiger partial charge in [-0.05, 0) is 75.2 Å². The van der Waals surface area contributed by atoms with Crippen LogP contribution in [0.25, 0.3) is 0 Å². The summed E-state index contributed by atoms with van der Waals surface area (Å²) in [6, 6.07) is 19.1. The summed E-state index contributed by atoms with van der Waals surface area (Å²) < 4.78 is 0. The van der Waals surface area contributed by atoms with Crippen molar-refractivity contribution in [3.8, 4) is 0 Å². The molecule has 0 atom stereocenters. The summed E-state index contributed by atoms with van der Waals surface area (Å²) in [5, 5.41) is 12.9. The molecule has 0 aliphatic heterocycles. The number of hydrogen-bond acceptors (Lipinski definition) is 7. The van der Waals surface area contributed by atoms with Crippen LogP contribution in [-0.4, -0.2) is 27.4 Å². The maximum absolute atomic E-state index is 12.5. The third kappa shape index (κ3) is 6.70. The minimum absolute atomic E-state index is 0.0291. The smallest absolute Gasteiger partial charge is 0.243 e. The summed E-state index contributed by atoms with van der Waals surface area (Å²) in [6.45, 7) is 8.10. The Bertz CT molecular complexity index is 1320. The lowest BCUT2D eigenvalue weighted by Crippen LogP contribution is -2.23. The van der Waals surface area contributed by atoms with Gasteiger partial charge in [0.15, 0.2) is 0 Å². The molecule has 0 unspecified atom stereocenters. The highest BCUT2D eigenvalue weighted by Gasteiger charge is 2.11. The van der Waals surface area contributed by atoms with Crippen LogP contribution in [0.1, 0.15) is 22.3 Å². The van der Waals surface area contributed by atoms with Crippen LogP contribution >= 0.6 is 11.6 Å². The molecule has 0 aliphatic rings. The number of rotatable bonds is 8. The number of halogens is 1. The van der Waals surface area contributed by atoms with E-state index in [1.807, 2.05) is 52.0 Å². The van der Waals surface area contributed by atoms with Crippen molar-refractivity contribution in [2.45, 2.75) is 27.7 Å². The molecule has 184 valence electrons. The number of anilines is 6. The van der Waals surface area contributed by atoms with Gasteiger partial charge in [-0.1, -0.05) is 47.0 Å². The van der Waals surface area contributed by atoms with Gasteiger partial charge in [-0.25, -0.2) is 0 Å². The van der Waals surface area contributed by atoms with Crippen molar-refractivity contribution in [3.05, 3.63) is 87.9 Å². The number of carbonyl (C=O) groups is 1. The summed E-state index contributed by atoms with van der Waals surface area (Å²) in [5.41, 5.74) is 6.88. The highest BCUT2D eigenvalue weighted by Crippen LogP contribution is 2.24. The zero-order valence-electron chi connectivity index (χ0n) is 20.6. The zero-order chi connectivity index (χ0) is 25.7. The second-order valence-electron chi connectivity index (χ2n) is 8.60. The van der Waals surface area contributed by atoms with Crippen LogP contribution in [0.3, 0.4) is 0 Å². The van der Waals surface area contributed by atoms with Crippen molar-refractivity contribution >= 4 is 52.4 Å². The molecule has 0 bridgehead atoms. The molecule has 0 spiro atoms. The highest BCUT2D eigenvalue weighted by atomic mass is 35.5. The Morgan fingerprint density at radius 2 is 1.22 bits per heavy atom. The number of nitrogens with zero attached hydrogens (tertiary/aromatic N) is 3. The summed E-state index contributed by atoms with van der Waals surface area (Å²) in [6.07, 6.45) is 0. The van der Waals surface area contributed by atoms with Gasteiger partial charge in [0.25, 0.3) is 0 Å². The minimum Gasteiger partial charge on any atom is -0.345 e. The van der Waals surface area contributed by atoms with E-state index in [9.17, 15) is 4.79 Å². The number of carbonyl (C=O) groups excluding carboxylic acids is 1. The molecule has 3 aromatic carbocycles. The van der Waals surface area contributed by atoms with Gasteiger partial charge in [-0.2, -0.15) is 15.0 Å². The molecule has 1 aromatic heterocycles. The average molecular weight is 502 g/mol. The Labute approximate surface area is 215 Å². The quantitative estimate of drug-likeness (QED) is 0.225.